The summed E-state index contributed by atoms with van der Waals surface area (Å²) in [5.74, 6) is -4.02. The van der Waals surface area contributed by atoms with Crippen molar-refractivity contribution in [1.29, 1.82) is 0 Å². The minimum Gasteiger partial charge on any atom is -0.322 e. The number of rotatable bonds is 3. The molecule has 6 aliphatic rings. The van der Waals surface area contributed by atoms with E-state index in [1.165, 1.54) is 0 Å². The zero-order valence-electron chi connectivity index (χ0n) is 33.6. The van der Waals surface area contributed by atoms with Crippen LogP contribution in [0.4, 0.5) is 0 Å². The molecular formula is C44H45N5O11. The molecule has 9 amide bonds. The molecule has 0 spiro atoms. The Kier molecular flexibility index (Phi) is 14.1. The van der Waals surface area contributed by atoms with Gasteiger partial charge >= 0.3 is 0 Å². The molecule has 1 aliphatic carbocycles. The van der Waals surface area contributed by atoms with E-state index in [9.17, 15) is 52.7 Å². The summed E-state index contributed by atoms with van der Waals surface area (Å²) in [4.78, 5) is 133. The molecule has 0 radical (unpaired) electrons. The highest BCUT2D eigenvalue weighted by molar-refractivity contribution is 6.24. The molecule has 312 valence electrons. The second kappa shape index (κ2) is 19.2. The Balaban J connectivity index is 0.000000164. The zero-order chi connectivity index (χ0) is 43.8. The van der Waals surface area contributed by atoms with Crippen LogP contribution in [0.1, 0.15) is 130 Å². The first kappa shape index (κ1) is 44.1. The average Bonchev–Trinajstić information content (AvgIpc) is 3.81. The van der Waals surface area contributed by atoms with E-state index < -0.39 is 47.7 Å². The molecule has 0 bridgehead atoms. The van der Waals surface area contributed by atoms with Crippen molar-refractivity contribution < 1.29 is 52.7 Å². The molecule has 3 aromatic rings. The normalized spacial score (nSPS) is 21.5. The van der Waals surface area contributed by atoms with Gasteiger partial charge in [-0.15, -0.1) is 0 Å². The average molecular weight is 820 g/mol. The summed E-state index contributed by atoms with van der Waals surface area (Å²) in [6.07, 6.45) is 1.30. The number of piperidine rings is 2. The minimum absolute atomic E-state index is 0.125. The highest BCUT2D eigenvalue weighted by atomic mass is 16.2. The predicted octanol–water partition coefficient (Wildman–Crippen LogP) is 3.56. The van der Waals surface area contributed by atoms with Gasteiger partial charge in [0.2, 0.25) is 23.6 Å². The molecule has 3 atom stereocenters. The number of Topliss-reactive ketones (excluding diaryl/α,β-unsaturated/α-hetero) is 2. The number of carbonyl (C=O) groups is 11. The van der Waals surface area contributed by atoms with Gasteiger partial charge in [-0.05, 0) is 55.2 Å². The monoisotopic (exact) mass is 819 g/mol. The van der Waals surface area contributed by atoms with Crippen molar-refractivity contribution in [2.24, 2.45) is 0 Å². The Hall–Kier alpha value is -6.97. The van der Waals surface area contributed by atoms with Crippen molar-refractivity contribution in [3.8, 4) is 0 Å². The van der Waals surface area contributed by atoms with Crippen molar-refractivity contribution in [2.45, 2.75) is 97.3 Å². The van der Waals surface area contributed by atoms with Crippen molar-refractivity contribution >= 4 is 64.7 Å². The largest absolute Gasteiger partial charge is 0.322 e. The van der Waals surface area contributed by atoms with Gasteiger partial charge < -0.3 is 4.90 Å². The summed E-state index contributed by atoms with van der Waals surface area (Å²) in [6, 6.07) is 18.1. The fourth-order valence-electron chi connectivity index (χ4n) is 7.55. The van der Waals surface area contributed by atoms with Crippen molar-refractivity contribution in [1.82, 2.24) is 25.3 Å². The Morgan fingerprint density at radius 1 is 0.450 bits per heavy atom. The number of ketones is 2. The third-order valence-corrected chi connectivity index (χ3v) is 10.4. The number of benzene rings is 3. The number of carbonyl (C=O) groups excluding carboxylic acids is 11. The summed E-state index contributed by atoms with van der Waals surface area (Å²) in [5.41, 5.74) is 2.86. The Morgan fingerprint density at radius 2 is 0.833 bits per heavy atom. The van der Waals surface area contributed by atoms with E-state index in [1.807, 2.05) is 45.9 Å². The standard InChI is InChI=1S/C14H11NO4.C13H10N2O4.C13H12N2O3.2C2H6/c16-8-5-6-11(12(17)7-8)15-13(18)9-3-1-2-4-10(9)14(15)19;16-10-6-5-9(11(17)14-10)15-12(18)7-3-1-2-4-8(7)13(15)19;16-11-6-5-10(12(17)14-11)15-7-8-3-1-2-4-9(8)13(15)18;2*1-2/h1-4,11H,5-7H2;1-4,9H,5-6H2,(H,14,16,17);1-4,10H,5-7H2,(H,14,16,17);2*1-2H3. The molecule has 16 heteroatoms. The molecule has 5 aliphatic heterocycles. The molecule has 16 nitrogen and oxygen atoms in total. The maximum Gasteiger partial charge on any atom is 0.262 e. The summed E-state index contributed by atoms with van der Waals surface area (Å²) in [5, 5.41) is 4.43. The summed E-state index contributed by atoms with van der Waals surface area (Å²) < 4.78 is 0. The first-order valence-corrected chi connectivity index (χ1v) is 19.9. The van der Waals surface area contributed by atoms with Gasteiger partial charge in [-0.1, -0.05) is 70.2 Å². The van der Waals surface area contributed by atoms with E-state index in [1.54, 1.807) is 59.5 Å². The molecule has 3 fully saturated rings. The van der Waals surface area contributed by atoms with Crippen LogP contribution < -0.4 is 10.6 Å². The fraction of sp³-hybridized carbons (Fsp3) is 0.341. The molecule has 9 rings (SSSR count). The van der Waals surface area contributed by atoms with Gasteiger partial charge in [-0.3, -0.25) is 73.2 Å². The molecule has 2 saturated heterocycles. The highest BCUT2D eigenvalue weighted by Gasteiger charge is 2.46. The van der Waals surface area contributed by atoms with Crippen LogP contribution in [-0.4, -0.2) is 97.6 Å². The van der Waals surface area contributed by atoms with Crippen LogP contribution in [0.5, 0.6) is 0 Å². The third kappa shape index (κ3) is 8.72. The van der Waals surface area contributed by atoms with Gasteiger partial charge in [-0.25, -0.2) is 0 Å². The maximum atomic E-state index is 12.2. The Bertz CT molecular complexity index is 2120. The quantitative estimate of drug-likeness (QED) is 0.287. The topological polar surface area (TPSA) is 222 Å². The van der Waals surface area contributed by atoms with Crippen molar-refractivity contribution in [3.63, 3.8) is 0 Å². The number of hydrogen-bond donors (Lipinski definition) is 2. The summed E-state index contributed by atoms with van der Waals surface area (Å²) in [6.45, 7) is 8.45. The number of amides is 9. The van der Waals surface area contributed by atoms with E-state index in [4.69, 9.17) is 0 Å². The summed E-state index contributed by atoms with van der Waals surface area (Å²) >= 11 is 0. The van der Waals surface area contributed by atoms with Crippen LogP contribution >= 0.6 is 0 Å². The lowest BCUT2D eigenvalue weighted by molar-refractivity contribution is -0.138. The van der Waals surface area contributed by atoms with E-state index >= 15 is 0 Å². The van der Waals surface area contributed by atoms with Gasteiger partial charge in [-0.2, -0.15) is 0 Å². The molecular weight excluding hydrogens is 775 g/mol. The van der Waals surface area contributed by atoms with Crippen molar-refractivity contribution in [3.05, 3.63) is 106 Å². The molecule has 3 aromatic carbocycles. The number of nitrogens with one attached hydrogen (secondary N) is 2. The molecule has 1 saturated carbocycles. The lowest BCUT2D eigenvalue weighted by Gasteiger charge is -2.29. The molecule has 5 heterocycles. The Labute approximate surface area is 345 Å². The smallest absolute Gasteiger partial charge is 0.262 e. The van der Waals surface area contributed by atoms with Gasteiger partial charge in [0.05, 0.1) is 34.7 Å². The second-order valence-corrected chi connectivity index (χ2v) is 13.8. The van der Waals surface area contributed by atoms with Gasteiger partial charge in [0.1, 0.15) is 17.9 Å². The third-order valence-electron chi connectivity index (χ3n) is 10.4. The first-order chi connectivity index (χ1) is 28.8. The van der Waals surface area contributed by atoms with Crippen LogP contribution in [-0.2, 0) is 35.3 Å². The predicted molar refractivity (Wildman–Crippen MR) is 213 cm³/mol. The van der Waals surface area contributed by atoms with E-state index in [0.29, 0.717) is 40.8 Å². The number of hydrogen-bond acceptors (Lipinski definition) is 11. The fourth-order valence-corrected chi connectivity index (χ4v) is 7.55. The number of fused-ring (bicyclic) bond motifs is 3. The highest BCUT2D eigenvalue weighted by Crippen LogP contribution is 2.30. The van der Waals surface area contributed by atoms with Crippen molar-refractivity contribution in [2.75, 3.05) is 0 Å². The Morgan fingerprint density at radius 3 is 1.25 bits per heavy atom. The number of imide groups is 4. The van der Waals surface area contributed by atoms with Crippen LogP contribution in [0.15, 0.2) is 72.8 Å². The maximum absolute atomic E-state index is 12.2. The van der Waals surface area contributed by atoms with Gasteiger partial charge in [0.25, 0.3) is 29.5 Å². The summed E-state index contributed by atoms with van der Waals surface area (Å²) in [7, 11) is 0. The SMILES string of the molecule is CC.CC.O=C1CCC(N2C(=O)c3ccccc3C2=O)C(=O)C1.O=C1CCC(N2C(=O)c3ccccc3C2=O)C(=O)N1.O=C1CCC(N2Cc3ccccc3C2=O)C(=O)N1. The van der Waals surface area contributed by atoms with Crippen LogP contribution in [0, 0.1) is 0 Å². The lowest BCUT2D eigenvalue weighted by atomic mass is 9.92. The molecule has 0 aromatic heterocycles. The number of nitrogens with zero attached hydrogens (tertiary/aromatic N) is 3. The molecule has 3 unspecified atom stereocenters. The van der Waals surface area contributed by atoms with Crippen LogP contribution in [0.2, 0.25) is 0 Å². The van der Waals surface area contributed by atoms with E-state index in [2.05, 4.69) is 10.6 Å². The van der Waals surface area contributed by atoms with E-state index in [-0.39, 0.29) is 73.7 Å². The molecule has 60 heavy (non-hydrogen) atoms. The van der Waals surface area contributed by atoms with Crippen LogP contribution in [0.25, 0.3) is 0 Å². The molecule has 2 N–H and O–H groups in total. The van der Waals surface area contributed by atoms with Gasteiger partial charge in [0.15, 0.2) is 5.78 Å². The van der Waals surface area contributed by atoms with Crippen LogP contribution in [0.3, 0.4) is 0 Å². The lowest BCUT2D eigenvalue weighted by Crippen LogP contribution is -2.54. The zero-order valence-corrected chi connectivity index (χ0v) is 33.6. The second-order valence-electron chi connectivity index (χ2n) is 13.8. The van der Waals surface area contributed by atoms with E-state index in [0.717, 1.165) is 15.4 Å². The minimum atomic E-state index is -0.898. The van der Waals surface area contributed by atoms with Gasteiger partial charge in [0, 0.05) is 31.4 Å². The first-order valence-electron chi connectivity index (χ1n) is 19.9.